The van der Waals surface area contributed by atoms with E-state index in [1.807, 2.05) is 62.4 Å². The number of halogens is 2. The van der Waals surface area contributed by atoms with E-state index in [0.29, 0.717) is 27.5 Å². The molecule has 6 heteroatoms. The molecule has 1 aromatic heterocycles. The van der Waals surface area contributed by atoms with Gasteiger partial charge in [-0.1, -0.05) is 59.6 Å². The minimum absolute atomic E-state index is 0.216. The van der Waals surface area contributed by atoms with Gasteiger partial charge in [0, 0.05) is 17.7 Å². The second-order valence-electron chi connectivity index (χ2n) is 5.85. The molecule has 0 bridgehead atoms. The monoisotopic (exact) mass is 372 g/mol. The smallest absolute Gasteiger partial charge is 0.225 e. The first-order chi connectivity index (χ1) is 12.0. The summed E-state index contributed by atoms with van der Waals surface area (Å²) in [6, 6.07) is 17.5. The molecule has 0 aliphatic carbocycles. The molecule has 0 radical (unpaired) electrons. The second kappa shape index (κ2) is 7.72. The number of benzene rings is 2. The Balaban J connectivity index is 2.01. The number of hydrogen-bond donors (Lipinski definition) is 2. The van der Waals surface area contributed by atoms with Gasteiger partial charge in [-0.05, 0) is 26.0 Å². The van der Waals surface area contributed by atoms with Gasteiger partial charge in [-0.2, -0.15) is 4.98 Å². The van der Waals surface area contributed by atoms with Gasteiger partial charge in [-0.15, -0.1) is 0 Å². The van der Waals surface area contributed by atoms with E-state index < -0.39 is 0 Å². The predicted molar refractivity (Wildman–Crippen MR) is 106 cm³/mol. The summed E-state index contributed by atoms with van der Waals surface area (Å²) >= 11 is 12.4. The summed E-state index contributed by atoms with van der Waals surface area (Å²) in [6.07, 6.45) is 0. The van der Waals surface area contributed by atoms with E-state index in [1.54, 1.807) is 6.07 Å². The van der Waals surface area contributed by atoms with E-state index in [0.717, 1.165) is 11.3 Å². The van der Waals surface area contributed by atoms with E-state index in [4.69, 9.17) is 23.2 Å². The fourth-order valence-corrected chi connectivity index (χ4v) is 2.68. The quantitative estimate of drug-likeness (QED) is 0.575. The maximum Gasteiger partial charge on any atom is 0.225 e. The largest absolute Gasteiger partial charge is 0.352 e. The molecule has 0 amide bonds. The molecule has 1 heterocycles. The Hall–Kier alpha value is -2.30. The van der Waals surface area contributed by atoms with Crippen molar-refractivity contribution in [2.45, 2.75) is 19.9 Å². The zero-order chi connectivity index (χ0) is 17.8. The third-order valence-corrected chi connectivity index (χ3v) is 4.25. The van der Waals surface area contributed by atoms with Crippen LogP contribution >= 0.6 is 23.2 Å². The molecule has 4 nitrogen and oxygen atoms in total. The Morgan fingerprint density at radius 3 is 2.40 bits per heavy atom. The molecule has 3 rings (SSSR count). The molecular weight excluding hydrogens is 355 g/mol. The molecule has 0 atom stereocenters. The molecule has 0 unspecified atom stereocenters. The van der Waals surface area contributed by atoms with E-state index in [9.17, 15) is 0 Å². The van der Waals surface area contributed by atoms with Crippen LogP contribution in [0.3, 0.4) is 0 Å². The van der Waals surface area contributed by atoms with E-state index in [2.05, 4.69) is 20.6 Å². The minimum atomic E-state index is 0.216. The van der Waals surface area contributed by atoms with Crippen LogP contribution in [0.15, 0.2) is 54.6 Å². The molecule has 25 heavy (non-hydrogen) atoms. The highest BCUT2D eigenvalue weighted by molar-refractivity contribution is 6.43. The average molecular weight is 373 g/mol. The maximum absolute atomic E-state index is 6.27. The number of hydrogen-bond acceptors (Lipinski definition) is 4. The fraction of sp³-hybridized carbons (Fsp3) is 0.158. The van der Waals surface area contributed by atoms with Gasteiger partial charge in [0.25, 0.3) is 0 Å². The summed E-state index contributed by atoms with van der Waals surface area (Å²) in [4.78, 5) is 9.13. The van der Waals surface area contributed by atoms with Crippen molar-refractivity contribution < 1.29 is 0 Å². The van der Waals surface area contributed by atoms with Gasteiger partial charge in [0.1, 0.15) is 5.82 Å². The first-order valence-corrected chi connectivity index (χ1v) is 8.70. The zero-order valence-electron chi connectivity index (χ0n) is 13.9. The van der Waals surface area contributed by atoms with Gasteiger partial charge in [0.15, 0.2) is 0 Å². The van der Waals surface area contributed by atoms with Gasteiger partial charge in [-0.25, -0.2) is 4.98 Å². The van der Waals surface area contributed by atoms with Crippen molar-refractivity contribution >= 4 is 40.7 Å². The molecule has 3 aromatic rings. The van der Waals surface area contributed by atoms with Gasteiger partial charge in [0.05, 0.1) is 21.4 Å². The summed E-state index contributed by atoms with van der Waals surface area (Å²) in [7, 11) is 0. The average Bonchev–Trinajstić information content (AvgIpc) is 2.59. The highest BCUT2D eigenvalue weighted by Crippen LogP contribution is 2.32. The van der Waals surface area contributed by atoms with Gasteiger partial charge in [-0.3, -0.25) is 0 Å². The normalized spacial score (nSPS) is 10.8. The zero-order valence-corrected chi connectivity index (χ0v) is 15.4. The number of nitrogens with one attached hydrogen (secondary N) is 2. The minimum Gasteiger partial charge on any atom is -0.352 e. The topological polar surface area (TPSA) is 49.8 Å². The molecule has 0 saturated heterocycles. The Kier molecular flexibility index (Phi) is 5.41. The lowest BCUT2D eigenvalue weighted by Crippen LogP contribution is -2.13. The molecule has 0 aliphatic heterocycles. The Morgan fingerprint density at radius 2 is 1.68 bits per heavy atom. The van der Waals surface area contributed by atoms with Crippen LogP contribution in [-0.2, 0) is 0 Å². The van der Waals surface area contributed by atoms with E-state index in [1.165, 1.54) is 0 Å². The van der Waals surface area contributed by atoms with Crippen LogP contribution < -0.4 is 10.6 Å². The van der Waals surface area contributed by atoms with Crippen molar-refractivity contribution in [1.82, 2.24) is 9.97 Å². The molecule has 0 spiro atoms. The first-order valence-electron chi connectivity index (χ1n) is 7.95. The standard InChI is InChI=1S/C19H18Cl2N4/c1-12(2)22-19-24-16(13-7-4-3-5-8-13)11-17(25-19)23-15-10-6-9-14(20)18(15)21/h3-12H,1-2H3,(H2,22,23,24,25). The van der Waals surface area contributed by atoms with Crippen LogP contribution in [0.4, 0.5) is 17.5 Å². The lowest BCUT2D eigenvalue weighted by atomic mass is 10.1. The fourth-order valence-electron chi connectivity index (χ4n) is 2.33. The number of nitrogens with zero attached hydrogens (tertiary/aromatic N) is 2. The molecule has 128 valence electrons. The maximum atomic E-state index is 6.27. The van der Waals surface area contributed by atoms with Crippen molar-refractivity contribution in [3.05, 3.63) is 64.6 Å². The lowest BCUT2D eigenvalue weighted by molar-refractivity contribution is 0.876. The Bertz CT molecular complexity index is 867. The summed E-state index contributed by atoms with van der Waals surface area (Å²) in [5, 5.41) is 7.43. The number of aromatic nitrogens is 2. The van der Waals surface area contributed by atoms with Crippen molar-refractivity contribution in [3.8, 4) is 11.3 Å². The molecule has 0 aliphatic rings. The summed E-state index contributed by atoms with van der Waals surface area (Å²) in [5.41, 5.74) is 2.53. The molecule has 0 saturated carbocycles. The number of rotatable bonds is 5. The van der Waals surface area contributed by atoms with Crippen LogP contribution in [0, 0.1) is 0 Å². The molecular formula is C19H18Cl2N4. The van der Waals surface area contributed by atoms with Crippen LogP contribution in [0.25, 0.3) is 11.3 Å². The summed E-state index contributed by atoms with van der Waals surface area (Å²) < 4.78 is 0. The van der Waals surface area contributed by atoms with Gasteiger partial charge in [0.2, 0.25) is 5.95 Å². The first kappa shape index (κ1) is 17.5. The summed E-state index contributed by atoms with van der Waals surface area (Å²) in [5.74, 6) is 1.19. The SMILES string of the molecule is CC(C)Nc1nc(Nc2cccc(Cl)c2Cl)cc(-c2ccccc2)n1. The molecule has 2 aromatic carbocycles. The Labute approximate surface area is 157 Å². The predicted octanol–water partition coefficient (Wildman–Crippen LogP) is 6.01. The van der Waals surface area contributed by atoms with Crippen molar-refractivity contribution in [3.63, 3.8) is 0 Å². The van der Waals surface area contributed by atoms with Crippen molar-refractivity contribution in [2.75, 3.05) is 10.6 Å². The third-order valence-electron chi connectivity index (χ3n) is 3.43. The number of anilines is 3. The lowest BCUT2D eigenvalue weighted by Gasteiger charge is -2.14. The molecule has 0 fully saturated rings. The Morgan fingerprint density at radius 1 is 0.920 bits per heavy atom. The van der Waals surface area contributed by atoms with Crippen molar-refractivity contribution in [1.29, 1.82) is 0 Å². The second-order valence-corrected chi connectivity index (χ2v) is 6.64. The molecule has 2 N–H and O–H groups in total. The highest BCUT2D eigenvalue weighted by Gasteiger charge is 2.10. The van der Waals surface area contributed by atoms with Gasteiger partial charge < -0.3 is 10.6 Å². The van der Waals surface area contributed by atoms with E-state index in [-0.39, 0.29) is 6.04 Å². The third kappa shape index (κ3) is 4.41. The summed E-state index contributed by atoms with van der Waals surface area (Å²) in [6.45, 7) is 4.08. The highest BCUT2D eigenvalue weighted by atomic mass is 35.5. The van der Waals surface area contributed by atoms with Crippen LogP contribution in [0.5, 0.6) is 0 Å². The van der Waals surface area contributed by atoms with Crippen molar-refractivity contribution in [2.24, 2.45) is 0 Å². The van der Waals surface area contributed by atoms with Gasteiger partial charge >= 0.3 is 0 Å². The van der Waals surface area contributed by atoms with Crippen LogP contribution in [-0.4, -0.2) is 16.0 Å². The van der Waals surface area contributed by atoms with Crippen LogP contribution in [0.2, 0.25) is 10.0 Å². The van der Waals surface area contributed by atoms with E-state index >= 15 is 0 Å². The van der Waals surface area contributed by atoms with Crippen LogP contribution in [0.1, 0.15) is 13.8 Å².